The number of nitrogen functional groups attached to an aromatic ring is 1. The minimum atomic E-state index is -4.44. The lowest BCUT2D eigenvalue weighted by atomic mass is 10.1. The summed E-state index contributed by atoms with van der Waals surface area (Å²) in [6.45, 7) is 2.25. The molecule has 0 saturated heterocycles. The smallest absolute Gasteiger partial charge is 0.398 e. The Morgan fingerprint density at radius 2 is 2.11 bits per heavy atom. The Hall–Kier alpha value is -1.76. The zero-order chi connectivity index (χ0) is 14.0. The third kappa shape index (κ3) is 3.37. The van der Waals surface area contributed by atoms with Crippen molar-refractivity contribution in [2.24, 2.45) is 0 Å². The number of thiazole rings is 1. The van der Waals surface area contributed by atoms with Crippen LogP contribution in [0.5, 0.6) is 0 Å². The molecule has 2 aromatic rings. The van der Waals surface area contributed by atoms with Crippen molar-refractivity contribution in [3.63, 3.8) is 0 Å². The largest absolute Gasteiger partial charge is 0.418 e. The minimum Gasteiger partial charge on any atom is -0.398 e. The number of alkyl halides is 3. The van der Waals surface area contributed by atoms with Gasteiger partial charge >= 0.3 is 6.18 Å². The summed E-state index contributed by atoms with van der Waals surface area (Å²) >= 11 is 1.46. The predicted octanol–water partition coefficient (Wildman–Crippen LogP) is 3.66. The van der Waals surface area contributed by atoms with Crippen LogP contribution in [0.1, 0.15) is 16.3 Å². The quantitative estimate of drug-likeness (QED) is 0.847. The Morgan fingerprint density at radius 1 is 1.37 bits per heavy atom. The molecule has 0 aliphatic rings. The van der Waals surface area contributed by atoms with E-state index in [0.29, 0.717) is 12.2 Å². The molecule has 1 aromatic heterocycles. The summed E-state index contributed by atoms with van der Waals surface area (Å²) in [5.74, 6) is 0. The highest BCUT2D eigenvalue weighted by Crippen LogP contribution is 2.35. The SMILES string of the molecule is Cc1csc(CNc2ccc(N)c(C(F)(F)F)c2)n1. The van der Waals surface area contributed by atoms with Gasteiger partial charge in [0.15, 0.2) is 0 Å². The first-order valence-corrected chi connectivity index (χ1v) is 6.36. The van der Waals surface area contributed by atoms with Crippen LogP contribution < -0.4 is 11.1 Å². The van der Waals surface area contributed by atoms with Gasteiger partial charge in [0.1, 0.15) is 5.01 Å². The zero-order valence-electron chi connectivity index (χ0n) is 10.1. The Labute approximate surface area is 112 Å². The van der Waals surface area contributed by atoms with E-state index < -0.39 is 11.7 Å². The van der Waals surface area contributed by atoms with E-state index in [1.165, 1.54) is 23.5 Å². The monoisotopic (exact) mass is 287 g/mol. The number of aromatic nitrogens is 1. The molecule has 0 amide bonds. The average Bonchev–Trinajstić information content (AvgIpc) is 2.72. The molecule has 0 atom stereocenters. The van der Waals surface area contributed by atoms with E-state index in [-0.39, 0.29) is 5.69 Å². The van der Waals surface area contributed by atoms with Crippen molar-refractivity contribution in [1.29, 1.82) is 0 Å². The molecule has 2 rings (SSSR count). The van der Waals surface area contributed by atoms with Crippen LogP contribution in [0.2, 0.25) is 0 Å². The van der Waals surface area contributed by atoms with Gasteiger partial charge < -0.3 is 11.1 Å². The Bertz CT molecular complexity index is 578. The maximum atomic E-state index is 12.7. The van der Waals surface area contributed by atoms with Crippen molar-refractivity contribution in [2.45, 2.75) is 19.6 Å². The van der Waals surface area contributed by atoms with Gasteiger partial charge in [0, 0.05) is 22.4 Å². The molecule has 0 bridgehead atoms. The van der Waals surface area contributed by atoms with Crippen LogP contribution >= 0.6 is 11.3 Å². The van der Waals surface area contributed by atoms with Gasteiger partial charge in [-0.3, -0.25) is 0 Å². The summed E-state index contributed by atoms with van der Waals surface area (Å²) in [6.07, 6.45) is -4.44. The molecular formula is C12H12F3N3S. The lowest BCUT2D eigenvalue weighted by Crippen LogP contribution is -2.10. The van der Waals surface area contributed by atoms with Crippen molar-refractivity contribution in [2.75, 3.05) is 11.1 Å². The van der Waals surface area contributed by atoms with Crippen molar-refractivity contribution < 1.29 is 13.2 Å². The summed E-state index contributed by atoms with van der Waals surface area (Å²) in [5, 5.41) is 5.62. The second-order valence-electron chi connectivity index (χ2n) is 4.04. The molecule has 0 fully saturated rings. The number of nitrogens with one attached hydrogen (secondary N) is 1. The molecule has 0 unspecified atom stereocenters. The van der Waals surface area contributed by atoms with Gasteiger partial charge in [-0.15, -0.1) is 11.3 Å². The highest BCUT2D eigenvalue weighted by Gasteiger charge is 2.33. The van der Waals surface area contributed by atoms with Crippen molar-refractivity contribution in [1.82, 2.24) is 4.98 Å². The summed E-state index contributed by atoms with van der Waals surface area (Å²) in [5.41, 5.74) is 5.50. The first-order chi connectivity index (χ1) is 8.86. The van der Waals surface area contributed by atoms with Gasteiger partial charge in [-0.05, 0) is 25.1 Å². The highest BCUT2D eigenvalue weighted by molar-refractivity contribution is 7.09. The summed E-state index contributed by atoms with van der Waals surface area (Å²) in [4.78, 5) is 4.22. The lowest BCUT2D eigenvalue weighted by molar-refractivity contribution is -0.136. The van der Waals surface area contributed by atoms with Gasteiger partial charge in [-0.25, -0.2) is 4.98 Å². The summed E-state index contributed by atoms with van der Waals surface area (Å²) in [7, 11) is 0. The Balaban J connectivity index is 2.13. The Morgan fingerprint density at radius 3 is 2.68 bits per heavy atom. The van der Waals surface area contributed by atoms with E-state index >= 15 is 0 Å². The van der Waals surface area contributed by atoms with Crippen molar-refractivity contribution in [3.05, 3.63) is 39.8 Å². The number of rotatable bonds is 3. The summed E-state index contributed by atoms with van der Waals surface area (Å²) in [6, 6.07) is 3.78. The fourth-order valence-corrected chi connectivity index (χ4v) is 2.28. The molecule has 7 heteroatoms. The molecule has 0 saturated carbocycles. The standard InChI is InChI=1S/C12H12F3N3S/c1-7-6-19-11(18-7)5-17-8-2-3-10(16)9(4-8)12(13,14)15/h2-4,6,17H,5,16H2,1H3. The second kappa shape index (κ2) is 5.08. The molecular weight excluding hydrogens is 275 g/mol. The molecule has 0 spiro atoms. The first kappa shape index (κ1) is 13.7. The molecule has 19 heavy (non-hydrogen) atoms. The Kier molecular flexibility index (Phi) is 3.66. The van der Waals surface area contributed by atoms with Gasteiger partial charge in [0.05, 0.1) is 12.1 Å². The van der Waals surface area contributed by atoms with Crippen LogP contribution in [-0.2, 0) is 12.7 Å². The van der Waals surface area contributed by atoms with Crippen LogP contribution in [0.3, 0.4) is 0 Å². The number of hydrogen-bond donors (Lipinski definition) is 2. The van der Waals surface area contributed by atoms with Gasteiger partial charge in [-0.2, -0.15) is 13.2 Å². The summed E-state index contributed by atoms with van der Waals surface area (Å²) < 4.78 is 38.0. The molecule has 0 aliphatic heterocycles. The molecule has 3 N–H and O–H groups in total. The van der Waals surface area contributed by atoms with Crippen molar-refractivity contribution in [3.8, 4) is 0 Å². The van der Waals surface area contributed by atoms with Crippen LogP contribution in [-0.4, -0.2) is 4.98 Å². The number of anilines is 2. The van der Waals surface area contributed by atoms with Gasteiger partial charge in [-0.1, -0.05) is 0 Å². The van der Waals surface area contributed by atoms with Crippen LogP contribution in [0, 0.1) is 6.92 Å². The average molecular weight is 287 g/mol. The number of aryl methyl sites for hydroxylation is 1. The van der Waals surface area contributed by atoms with E-state index in [9.17, 15) is 13.2 Å². The van der Waals surface area contributed by atoms with Crippen molar-refractivity contribution >= 4 is 22.7 Å². The second-order valence-corrected chi connectivity index (χ2v) is 4.98. The number of benzene rings is 1. The van der Waals surface area contributed by atoms with Crippen LogP contribution in [0.15, 0.2) is 23.6 Å². The molecule has 1 aromatic carbocycles. The fourth-order valence-electron chi connectivity index (χ4n) is 1.57. The molecule has 0 aliphatic carbocycles. The third-order valence-electron chi connectivity index (χ3n) is 2.47. The van der Waals surface area contributed by atoms with E-state index in [4.69, 9.17) is 5.73 Å². The topological polar surface area (TPSA) is 50.9 Å². The van der Waals surface area contributed by atoms with Gasteiger partial charge in [0.2, 0.25) is 0 Å². The van der Waals surface area contributed by atoms with E-state index in [2.05, 4.69) is 10.3 Å². The van der Waals surface area contributed by atoms with E-state index in [0.717, 1.165) is 16.8 Å². The molecule has 102 valence electrons. The van der Waals surface area contributed by atoms with E-state index in [1.807, 2.05) is 12.3 Å². The molecule has 0 radical (unpaired) electrons. The highest BCUT2D eigenvalue weighted by atomic mass is 32.1. The number of nitrogens with two attached hydrogens (primary N) is 1. The maximum Gasteiger partial charge on any atom is 0.418 e. The fraction of sp³-hybridized carbons (Fsp3) is 0.250. The predicted molar refractivity (Wildman–Crippen MR) is 70.0 cm³/mol. The lowest BCUT2D eigenvalue weighted by Gasteiger charge is -2.12. The number of hydrogen-bond acceptors (Lipinski definition) is 4. The maximum absolute atomic E-state index is 12.7. The third-order valence-corrected chi connectivity index (χ3v) is 3.44. The normalized spacial score (nSPS) is 11.6. The molecule has 3 nitrogen and oxygen atoms in total. The number of nitrogens with zero attached hydrogens (tertiary/aromatic N) is 1. The van der Waals surface area contributed by atoms with Crippen LogP contribution in [0.4, 0.5) is 24.5 Å². The van der Waals surface area contributed by atoms with Crippen LogP contribution in [0.25, 0.3) is 0 Å². The van der Waals surface area contributed by atoms with E-state index in [1.54, 1.807) is 0 Å². The minimum absolute atomic E-state index is 0.275. The first-order valence-electron chi connectivity index (χ1n) is 5.48. The van der Waals surface area contributed by atoms with Gasteiger partial charge in [0.25, 0.3) is 0 Å². The zero-order valence-corrected chi connectivity index (χ0v) is 10.9. The molecule has 1 heterocycles. The number of halogens is 3.